The molecular weight excluding hydrogens is 206 g/mol. The van der Waals surface area contributed by atoms with Crippen LogP contribution in [-0.2, 0) is 0 Å². The Morgan fingerprint density at radius 1 is 0.812 bits per heavy atom. The zero-order valence-electron chi connectivity index (χ0n) is 8.27. The van der Waals surface area contributed by atoms with Crippen molar-refractivity contribution in [2.75, 3.05) is 5.32 Å². The Kier molecular flexibility index (Phi) is 1.71. The van der Waals surface area contributed by atoms with E-state index in [2.05, 4.69) is 5.32 Å². The first-order chi connectivity index (χ1) is 7.72. The highest BCUT2D eigenvalue weighted by Gasteiger charge is 2.16. The molecule has 1 heterocycles. The molecule has 1 aliphatic rings. The number of nitrogens with one attached hydrogen (secondary N) is 1. The number of rotatable bonds is 0. The van der Waals surface area contributed by atoms with Gasteiger partial charge in [-0.1, -0.05) is 0 Å². The van der Waals surface area contributed by atoms with E-state index in [9.17, 15) is 10.2 Å². The summed E-state index contributed by atoms with van der Waals surface area (Å²) in [6.07, 6.45) is 0. The second-order valence-electron chi connectivity index (χ2n) is 3.59. The van der Waals surface area contributed by atoms with E-state index >= 15 is 0 Å². The molecule has 0 bridgehead atoms. The highest BCUT2D eigenvalue weighted by Crippen LogP contribution is 2.44. The summed E-state index contributed by atoms with van der Waals surface area (Å²) in [5.41, 5.74) is 1.58. The van der Waals surface area contributed by atoms with Crippen LogP contribution in [0.4, 0.5) is 11.4 Å². The van der Waals surface area contributed by atoms with Gasteiger partial charge in [-0.2, -0.15) is 0 Å². The third-order valence-corrected chi connectivity index (χ3v) is 2.42. The van der Waals surface area contributed by atoms with Crippen molar-refractivity contribution in [2.24, 2.45) is 0 Å². The van der Waals surface area contributed by atoms with Gasteiger partial charge in [-0.05, 0) is 24.3 Å². The van der Waals surface area contributed by atoms with Crippen molar-refractivity contribution in [3.63, 3.8) is 0 Å². The quantitative estimate of drug-likeness (QED) is 0.504. The summed E-state index contributed by atoms with van der Waals surface area (Å²) in [7, 11) is 0. The molecule has 80 valence electrons. The van der Waals surface area contributed by atoms with Crippen LogP contribution in [-0.4, -0.2) is 10.2 Å². The molecule has 2 aromatic carbocycles. The first-order valence-electron chi connectivity index (χ1n) is 4.83. The van der Waals surface area contributed by atoms with E-state index in [0.717, 1.165) is 11.4 Å². The number of anilines is 2. The van der Waals surface area contributed by atoms with Gasteiger partial charge < -0.3 is 20.3 Å². The summed E-state index contributed by atoms with van der Waals surface area (Å²) in [5.74, 6) is 1.37. The molecule has 0 atom stereocenters. The number of aromatic hydroxyl groups is 2. The predicted octanol–water partition coefficient (Wildman–Crippen LogP) is 2.95. The van der Waals surface area contributed by atoms with E-state index in [-0.39, 0.29) is 11.5 Å². The smallest absolute Gasteiger partial charge is 0.154 e. The topological polar surface area (TPSA) is 61.7 Å². The van der Waals surface area contributed by atoms with Crippen LogP contribution in [0.5, 0.6) is 23.0 Å². The minimum atomic E-state index is 0.143. The fourth-order valence-corrected chi connectivity index (χ4v) is 1.66. The summed E-state index contributed by atoms with van der Waals surface area (Å²) in [5, 5.41) is 21.8. The van der Waals surface area contributed by atoms with Gasteiger partial charge in [-0.3, -0.25) is 0 Å². The molecule has 4 nitrogen and oxygen atoms in total. The third kappa shape index (κ3) is 1.32. The zero-order valence-corrected chi connectivity index (χ0v) is 8.27. The lowest BCUT2D eigenvalue weighted by molar-refractivity contribution is 0.445. The van der Waals surface area contributed by atoms with Crippen molar-refractivity contribution in [1.82, 2.24) is 0 Å². The van der Waals surface area contributed by atoms with Crippen LogP contribution in [0.2, 0.25) is 0 Å². The number of hydrogen-bond donors (Lipinski definition) is 3. The molecule has 4 heteroatoms. The SMILES string of the molecule is Oc1ccc2c(c1)Oc1cc(O)ccc1N2. The maximum Gasteiger partial charge on any atom is 0.154 e. The number of benzene rings is 2. The van der Waals surface area contributed by atoms with Crippen LogP contribution in [0, 0.1) is 0 Å². The largest absolute Gasteiger partial charge is 0.508 e. The van der Waals surface area contributed by atoms with Gasteiger partial charge in [-0.25, -0.2) is 0 Å². The Labute approximate surface area is 91.7 Å². The number of phenols is 2. The van der Waals surface area contributed by atoms with Crippen molar-refractivity contribution in [3.8, 4) is 23.0 Å². The normalized spacial score (nSPS) is 12.0. The Bertz CT molecular complexity index is 517. The number of phenolic OH excluding ortho intramolecular Hbond substituents is 2. The monoisotopic (exact) mass is 215 g/mol. The summed E-state index contributed by atoms with van der Waals surface area (Å²) in [6, 6.07) is 9.69. The van der Waals surface area contributed by atoms with Crippen molar-refractivity contribution in [1.29, 1.82) is 0 Å². The average molecular weight is 215 g/mol. The molecule has 3 rings (SSSR count). The van der Waals surface area contributed by atoms with Crippen LogP contribution >= 0.6 is 0 Å². The molecule has 0 spiro atoms. The van der Waals surface area contributed by atoms with E-state index in [1.165, 1.54) is 12.1 Å². The molecule has 16 heavy (non-hydrogen) atoms. The van der Waals surface area contributed by atoms with E-state index in [4.69, 9.17) is 4.74 Å². The third-order valence-electron chi connectivity index (χ3n) is 2.42. The lowest BCUT2D eigenvalue weighted by Crippen LogP contribution is -2.02. The molecule has 0 unspecified atom stereocenters. The molecule has 0 saturated heterocycles. The number of ether oxygens (including phenoxy) is 1. The molecule has 0 fully saturated rings. The minimum Gasteiger partial charge on any atom is -0.508 e. The van der Waals surface area contributed by atoms with Gasteiger partial charge in [0.15, 0.2) is 11.5 Å². The summed E-state index contributed by atoms with van der Waals surface area (Å²) >= 11 is 0. The predicted molar refractivity (Wildman–Crippen MR) is 59.6 cm³/mol. The fourth-order valence-electron chi connectivity index (χ4n) is 1.66. The van der Waals surface area contributed by atoms with Crippen LogP contribution in [0.15, 0.2) is 36.4 Å². The van der Waals surface area contributed by atoms with Crippen LogP contribution in [0.3, 0.4) is 0 Å². The van der Waals surface area contributed by atoms with E-state index < -0.39 is 0 Å². The van der Waals surface area contributed by atoms with Crippen LogP contribution in [0.25, 0.3) is 0 Å². The Balaban J connectivity index is 2.10. The van der Waals surface area contributed by atoms with Gasteiger partial charge >= 0.3 is 0 Å². The molecular formula is C12H9NO3. The Hall–Kier alpha value is -2.36. The van der Waals surface area contributed by atoms with Crippen molar-refractivity contribution in [3.05, 3.63) is 36.4 Å². The van der Waals surface area contributed by atoms with Gasteiger partial charge in [0.05, 0.1) is 11.4 Å². The van der Waals surface area contributed by atoms with E-state index in [1.54, 1.807) is 24.3 Å². The van der Waals surface area contributed by atoms with Gasteiger partial charge in [0, 0.05) is 12.1 Å². The first-order valence-corrected chi connectivity index (χ1v) is 4.83. The molecule has 0 saturated carbocycles. The number of fused-ring (bicyclic) bond motifs is 2. The molecule has 0 aliphatic carbocycles. The van der Waals surface area contributed by atoms with Crippen LogP contribution in [0.1, 0.15) is 0 Å². The van der Waals surface area contributed by atoms with Gasteiger partial charge in [-0.15, -0.1) is 0 Å². The summed E-state index contributed by atoms with van der Waals surface area (Å²) in [6.45, 7) is 0. The second kappa shape index (κ2) is 3.06. The van der Waals surface area contributed by atoms with Gasteiger partial charge in [0.25, 0.3) is 0 Å². The molecule has 0 radical (unpaired) electrons. The highest BCUT2D eigenvalue weighted by molar-refractivity contribution is 5.76. The second-order valence-corrected chi connectivity index (χ2v) is 3.59. The summed E-state index contributed by atoms with van der Waals surface area (Å²) in [4.78, 5) is 0. The maximum atomic E-state index is 9.33. The number of hydrogen-bond acceptors (Lipinski definition) is 4. The van der Waals surface area contributed by atoms with Gasteiger partial charge in [0.1, 0.15) is 11.5 Å². The molecule has 1 aliphatic heterocycles. The molecule has 0 aromatic heterocycles. The fraction of sp³-hybridized carbons (Fsp3) is 0. The van der Waals surface area contributed by atoms with E-state index in [1.807, 2.05) is 0 Å². The Morgan fingerprint density at radius 2 is 1.31 bits per heavy atom. The lowest BCUT2D eigenvalue weighted by atomic mass is 10.2. The van der Waals surface area contributed by atoms with Crippen LogP contribution < -0.4 is 10.1 Å². The van der Waals surface area contributed by atoms with Gasteiger partial charge in [0.2, 0.25) is 0 Å². The standard InChI is InChI=1S/C12H9NO3/c14-7-1-3-9-11(5-7)16-12-6-8(15)2-4-10(12)13-9/h1-6,13-15H. The molecule has 2 aromatic rings. The Morgan fingerprint density at radius 3 is 1.81 bits per heavy atom. The molecule has 3 N–H and O–H groups in total. The average Bonchev–Trinajstić information content (AvgIpc) is 2.26. The van der Waals surface area contributed by atoms with E-state index in [0.29, 0.717) is 11.5 Å². The highest BCUT2D eigenvalue weighted by atomic mass is 16.5. The first kappa shape index (κ1) is 8.91. The maximum absolute atomic E-state index is 9.33. The van der Waals surface area contributed by atoms with Crippen molar-refractivity contribution < 1.29 is 14.9 Å². The van der Waals surface area contributed by atoms with Crippen molar-refractivity contribution >= 4 is 11.4 Å². The minimum absolute atomic E-state index is 0.143. The van der Waals surface area contributed by atoms with Crippen molar-refractivity contribution in [2.45, 2.75) is 0 Å². The molecule has 0 amide bonds. The zero-order chi connectivity index (χ0) is 11.1. The summed E-state index contributed by atoms with van der Waals surface area (Å²) < 4.78 is 5.56. The lowest BCUT2D eigenvalue weighted by Gasteiger charge is -2.21.